The number of fused-ring (bicyclic) bond motifs is 1. The summed E-state index contributed by atoms with van der Waals surface area (Å²) in [5.41, 5.74) is 1.32. The van der Waals surface area contributed by atoms with Gasteiger partial charge in [0, 0.05) is 30.9 Å². The minimum absolute atomic E-state index is 0.625. The van der Waals surface area contributed by atoms with Gasteiger partial charge in [-0.25, -0.2) is 0 Å². The van der Waals surface area contributed by atoms with Crippen LogP contribution in [-0.2, 0) is 0 Å². The fourth-order valence-electron chi connectivity index (χ4n) is 3.75. The Balaban J connectivity index is 1.83. The molecule has 116 valence electrons. The number of rotatable bonds is 3. The summed E-state index contributed by atoms with van der Waals surface area (Å²) in [5, 5.41) is 0. The van der Waals surface area contributed by atoms with Gasteiger partial charge in [0.25, 0.3) is 0 Å². The quantitative estimate of drug-likeness (QED) is 0.819. The molecule has 2 aliphatic heterocycles. The summed E-state index contributed by atoms with van der Waals surface area (Å²) in [6, 6.07) is 7.84. The van der Waals surface area contributed by atoms with E-state index in [0.717, 1.165) is 22.8 Å². The van der Waals surface area contributed by atoms with Crippen molar-refractivity contribution in [3.05, 3.63) is 22.7 Å². The van der Waals surface area contributed by atoms with Crippen molar-refractivity contribution in [2.75, 3.05) is 31.6 Å². The van der Waals surface area contributed by atoms with E-state index in [-0.39, 0.29) is 0 Å². The molecule has 4 heteroatoms. The van der Waals surface area contributed by atoms with Gasteiger partial charge < -0.3 is 9.64 Å². The van der Waals surface area contributed by atoms with Crippen molar-refractivity contribution in [3.63, 3.8) is 0 Å². The summed E-state index contributed by atoms with van der Waals surface area (Å²) in [4.78, 5) is 5.32. The van der Waals surface area contributed by atoms with Crippen molar-refractivity contribution < 1.29 is 4.74 Å². The molecule has 0 spiro atoms. The standard InChI is InChI=1S/C17H25BrN2O/c1-3-13-11-19-9-5-4-6-15(19)12-20(13)14-7-8-17(21-2)16(18)10-14/h7-8,10,13,15H,3-6,9,11-12H2,1-2H3. The van der Waals surface area contributed by atoms with Crippen molar-refractivity contribution in [1.82, 2.24) is 4.90 Å². The van der Waals surface area contributed by atoms with Gasteiger partial charge in [-0.05, 0) is 59.9 Å². The van der Waals surface area contributed by atoms with Gasteiger partial charge in [-0.2, -0.15) is 0 Å². The predicted molar refractivity (Wildman–Crippen MR) is 91.3 cm³/mol. The van der Waals surface area contributed by atoms with Gasteiger partial charge in [-0.3, -0.25) is 4.90 Å². The second kappa shape index (κ2) is 6.57. The number of benzene rings is 1. The molecule has 21 heavy (non-hydrogen) atoms. The molecule has 3 rings (SSSR count). The Kier molecular flexibility index (Phi) is 4.75. The van der Waals surface area contributed by atoms with Crippen molar-refractivity contribution in [3.8, 4) is 5.75 Å². The highest BCUT2D eigenvalue weighted by atomic mass is 79.9. The van der Waals surface area contributed by atoms with Gasteiger partial charge in [0.15, 0.2) is 0 Å². The Morgan fingerprint density at radius 3 is 2.86 bits per heavy atom. The normalized spacial score (nSPS) is 26.5. The molecular weight excluding hydrogens is 328 g/mol. The zero-order valence-electron chi connectivity index (χ0n) is 13.0. The maximum absolute atomic E-state index is 5.35. The number of piperazine rings is 1. The zero-order valence-corrected chi connectivity index (χ0v) is 14.6. The number of methoxy groups -OCH3 is 1. The van der Waals surface area contributed by atoms with Crippen LogP contribution in [0.25, 0.3) is 0 Å². The lowest BCUT2D eigenvalue weighted by Crippen LogP contribution is -2.59. The number of anilines is 1. The molecule has 2 aliphatic rings. The molecule has 2 unspecified atom stereocenters. The lowest BCUT2D eigenvalue weighted by Gasteiger charge is -2.49. The first kappa shape index (κ1) is 15.2. The second-order valence-corrected chi connectivity index (χ2v) is 7.03. The third-order valence-electron chi connectivity index (χ3n) is 4.98. The fraction of sp³-hybridized carbons (Fsp3) is 0.647. The molecule has 0 saturated carbocycles. The smallest absolute Gasteiger partial charge is 0.133 e. The van der Waals surface area contributed by atoms with E-state index < -0.39 is 0 Å². The molecule has 3 nitrogen and oxygen atoms in total. The van der Waals surface area contributed by atoms with Crippen LogP contribution in [0.15, 0.2) is 22.7 Å². The van der Waals surface area contributed by atoms with Crippen LogP contribution in [0.3, 0.4) is 0 Å². The van der Waals surface area contributed by atoms with Gasteiger partial charge in [-0.1, -0.05) is 13.3 Å². The summed E-state index contributed by atoms with van der Waals surface area (Å²) < 4.78 is 6.40. The first-order valence-electron chi connectivity index (χ1n) is 8.07. The summed E-state index contributed by atoms with van der Waals surface area (Å²) >= 11 is 3.62. The number of hydrogen-bond acceptors (Lipinski definition) is 3. The predicted octanol–water partition coefficient (Wildman–Crippen LogP) is 3.91. The van der Waals surface area contributed by atoms with Crippen molar-refractivity contribution in [2.45, 2.75) is 44.7 Å². The molecule has 2 atom stereocenters. The van der Waals surface area contributed by atoms with Gasteiger partial charge in [0.05, 0.1) is 11.6 Å². The molecule has 1 aromatic rings. The average molecular weight is 353 g/mol. The Morgan fingerprint density at radius 1 is 1.29 bits per heavy atom. The van der Waals surface area contributed by atoms with Gasteiger partial charge in [-0.15, -0.1) is 0 Å². The summed E-state index contributed by atoms with van der Waals surface area (Å²) in [7, 11) is 1.72. The van der Waals surface area contributed by atoms with Crippen molar-refractivity contribution in [2.24, 2.45) is 0 Å². The lowest BCUT2D eigenvalue weighted by molar-refractivity contribution is 0.111. The van der Waals surface area contributed by atoms with Gasteiger partial charge in [0.2, 0.25) is 0 Å². The molecular formula is C17H25BrN2O. The number of piperidine rings is 1. The van der Waals surface area contributed by atoms with E-state index in [1.807, 2.05) is 0 Å². The second-order valence-electron chi connectivity index (χ2n) is 6.18. The van der Waals surface area contributed by atoms with Crippen LogP contribution in [0.2, 0.25) is 0 Å². The summed E-state index contributed by atoms with van der Waals surface area (Å²) in [6.45, 7) is 5.98. The molecule has 0 amide bonds. The van der Waals surface area contributed by atoms with Crippen LogP contribution >= 0.6 is 15.9 Å². The van der Waals surface area contributed by atoms with Crippen LogP contribution in [0, 0.1) is 0 Å². The van der Waals surface area contributed by atoms with E-state index in [9.17, 15) is 0 Å². The zero-order chi connectivity index (χ0) is 14.8. The molecule has 2 saturated heterocycles. The number of halogens is 1. The van der Waals surface area contributed by atoms with E-state index >= 15 is 0 Å². The molecule has 1 aromatic carbocycles. The number of nitrogens with zero attached hydrogens (tertiary/aromatic N) is 2. The van der Waals surface area contributed by atoms with E-state index in [0.29, 0.717) is 6.04 Å². The number of hydrogen-bond donors (Lipinski definition) is 0. The maximum Gasteiger partial charge on any atom is 0.133 e. The topological polar surface area (TPSA) is 15.7 Å². The maximum atomic E-state index is 5.35. The highest BCUT2D eigenvalue weighted by Gasteiger charge is 2.34. The van der Waals surface area contributed by atoms with Crippen LogP contribution in [0.1, 0.15) is 32.6 Å². The molecule has 0 radical (unpaired) electrons. The van der Waals surface area contributed by atoms with E-state index in [2.05, 4.69) is 50.9 Å². The van der Waals surface area contributed by atoms with Gasteiger partial charge in [0.1, 0.15) is 5.75 Å². The van der Waals surface area contributed by atoms with E-state index in [4.69, 9.17) is 4.74 Å². The highest BCUT2D eigenvalue weighted by molar-refractivity contribution is 9.10. The minimum atomic E-state index is 0.625. The summed E-state index contributed by atoms with van der Waals surface area (Å²) in [5.74, 6) is 0.906. The molecule has 0 N–H and O–H groups in total. The van der Waals surface area contributed by atoms with Gasteiger partial charge >= 0.3 is 0 Å². The molecule has 2 fully saturated rings. The lowest BCUT2D eigenvalue weighted by atomic mass is 9.95. The molecule has 2 heterocycles. The minimum Gasteiger partial charge on any atom is -0.496 e. The van der Waals surface area contributed by atoms with Crippen molar-refractivity contribution >= 4 is 21.6 Å². The SMILES string of the molecule is CCC1CN2CCCCC2CN1c1ccc(OC)c(Br)c1. The van der Waals surface area contributed by atoms with Crippen LogP contribution < -0.4 is 9.64 Å². The Labute approximate surface area is 136 Å². The highest BCUT2D eigenvalue weighted by Crippen LogP contribution is 2.34. The third kappa shape index (κ3) is 3.07. The van der Waals surface area contributed by atoms with Crippen LogP contribution in [0.4, 0.5) is 5.69 Å². The molecule has 0 bridgehead atoms. The number of ether oxygens (including phenoxy) is 1. The van der Waals surface area contributed by atoms with Crippen LogP contribution in [-0.4, -0.2) is 43.7 Å². The monoisotopic (exact) mass is 352 g/mol. The first-order valence-corrected chi connectivity index (χ1v) is 8.86. The first-order chi connectivity index (χ1) is 10.2. The Morgan fingerprint density at radius 2 is 2.14 bits per heavy atom. The van der Waals surface area contributed by atoms with Crippen molar-refractivity contribution in [1.29, 1.82) is 0 Å². The van der Waals surface area contributed by atoms with E-state index in [1.165, 1.54) is 44.5 Å². The van der Waals surface area contributed by atoms with E-state index in [1.54, 1.807) is 7.11 Å². The van der Waals surface area contributed by atoms with Crippen LogP contribution in [0.5, 0.6) is 5.75 Å². The largest absolute Gasteiger partial charge is 0.496 e. The Bertz CT molecular complexity index is 494. The molecule has 0 aliphatic carbocycles. The fourth-order valence-corrected chi connectivity index (χ4v) is 4.28. The Hall–Kier alpha value is -0.740. The average Bonchev–Trinajstić information content (AvgIpc) is 2.53. The summed E-state index contributed by atoms with van der Waals surface area (Å²) in [6.07, 6.45) is 5.32. The molecule has 0 aromatic heterocycles. The third-order valence-corrected chi connectivity index (χ3v) is 5.60.